The van der Waals surface area contributed by atoms with E-state index < -0.39 is 6.03 Å². The van der Waals surface area contributed by atoms with Crippen molar-refractivity contribution in [1.29, 1.82) is 0 Å². The molecule has 0 saturated heterocycles. The number of nitrogens with one attached hydrogen (secondary N) is 1. The summed E-state index contributed by atoms with van der Waals surface area (Å²) in [5.74, 6) is -0.0799. The van der Waals surface area contributed by atoms with E-state index in [9.17, 15) is 9.18 Å². The molecule has 0 saturated carbocycles. The van der Waals surface area contributed by atoms with Gasteiger partial charge in [0.1, 0.15) is 5.82 Å². The number of rotatable bonds is 3. The van der Waals surface area contributed by atoms with Crippen LogP contribution in [0.15, 0.2) is 64.9 Å². The fraction of sp³-hybridized carbons (Fsp3) is 0.125. The van der Waals surface area contributed by atoms with Gasteiger partial charge < -0.3 is 5.32 Å². The Balaban J connectivity index is 1.55. The van der Waals surface area contributed by atoms with E-state index in [1.165, 1.54) is 12.1 Å². The Morgan fingerprint density at radius 2 is 1.96 bits per heavy atom. The van der Waals surface area contributed by atoms with E-state index in [4.69, 9.17) is 4.84 Å². The lowest BCUT2D eigenvalue weighted by molar-refractivity contribution is -0.600. The van der Waals surface area contributed by atoms with Crippen LogP contribution in [0.25, 0.3) is 0 Å². The zero-order valence-electron chi connectivity index (χ0n) is 12.1. The summed E-state index contributed by atoms with van der Waals surface area (Å²) in [7, 11) is 0. The summed E-state index contributed by atoms with van der Waals surface area (Å²) in [5, 5.41) is 6.45. The quantitative estimate of drug-likeness (QED) is 0.883. The van der Waals surface area contributed by atoms with Crippen LogP contribution in [0.4, 0.5) is 14.9 Å². The molecule has 1 aliphatic rings. The fourth-order valence-electron chi connectivity index (χ4n) is 2.05. The van der Waals surface area contributed by atoms with Crippen molar-refractivity contribution < 1.29 is 18.7 Å². The zero-order valence-corrected chi connectivity index (χ0v) is 12.1. The Labute approximate surface area is 131 Å². The first-order chi connectivity index (χ1) is 11.2. The van der Waals surface area contributed by atoms with Crippen LogP contribution in [0.3, 0.4) is 0 Å². The monoisotopic (exact) mass is 313 g/mol. The summed E-state index contributed by atoms with van der Waals surface area (Å²) in [6.45, 7) is 0.721. The molecule has 0 fully saturated rings. The summed E-state index contributed by atoms with van der Waals surface area (Å²) < 4.78 is 14.5. The molecule has 7 heteroatoms. The highest BCUT2D eigenvalue weighted by molar-refractivity contribution is 5.98. The van der Waals surface area contributed by atoms with Crippen LogP contribution in [0, 0.1) is 5.82 Å². The first kappa shape index (κ1) is 14.8. The van der Waals surface area contributed by atoms with Gasteiger partial charge in [-0.25, -0.2) is 9.18 Å². The lowest BCUT2D eigenvalue weighted by Crippen LogP contribution is -2.16. The number of urea groups is 1. The largest absolute Gasteiger partial charge is 0.348 e. The molecule has 1 N–H and O–H groups in total. The van der Waals surface area contributed by atoms with Crippen molar-refractivity contribution in [1.82, 2.24) is 0 Å². The minimum atomic E-state index is -0.523. The van der Waals surface area contributed by atoms with E-state index in [2.05, 4.69) is 15.6 Å². The number of amides is 2. The van der Waals surface area contributed by atoms with Gasteiger partial charge >= 0.3 is 11.9 Å². The Kier molecular flexibility index (Phi) is 4.37. The van der Waals surface area contributed by atoms with Gasteiger partial charge in [-0.15, -0.1) is 0 Å². The molecule has 0 atom stereocenters. The Bertz CT molecular complexity index is 757. The topological polar surface area (TPSA) is 66.1 Å². The summed E-state index contributed by atoms with van der Waals surface area (Å²) in [4.78, 5) is 20.7. The van der Waals surface area contributed by atoms with Gasteiger partial charge in [0.25, 0.3) is 6.54 Å². The molecule has 1 aliphatic heterocycles. The Morgan fingerprint density at radius 1 is 1.22 bits per heavy atom. The second-order valence-corrected chi connectivity index (χ2v) is 4.92. The molecular formula is C16H14FN4O2+. The highest BCUT2D eigenvalue weighted by Crippen LogP contribution is 2.09. The second kappa shape index (κ2) is 6.78. The van der Waals surface area contributed by atoms with Crippen molar-refractivity contribution in [3.8, 4) is 0 Å². The number of halogens is 1. The van der Waals surface area contributed by atoms with Gasteiger partial charge in [0, 0.05) is 11.3 Å². The number of benzene rings is 2. The molecule has 3 rings (SSSR count). The fourth-order valence-corrected chi connectivity index (χ4v) is 2.05. The van der Waals surface area contributed by atoms with Crippen LogP contribution >= 0.6 is 0 Å². The van der Waals surface area contributed by atoms with Crippen molar-refractivity contribution in [2.24, 2.45) is 10.3 Å². The molecule has 6 nitrogen and oxygen atoms in total. The number of anilines is 1. The van der Waals surface area contributed by atoms with E-state index in [1.807, 2.05) is 18.2 Å². The van der Waals surface area contributed by atoms with Gasteiger partial charge in [0.2, 0.25) is 0 Å². The third-order valence-electron chi connectivity index (χ3n) is 3.11. The van der Waals surface area contributed by atoms with Crippen molar-refractivity contribution in [3.05, 3.63) is 66.0 Å². The molecule has 2 aromatic carbocycles. The average Bonchev–Trinajstić information content (AvgIpc) is 2.97. The van der Waals surface area contributed by atoms with Crippen molar-refractivity contribution in [2.75, 3.05) is 11.9 Å². The molecule has 2 amide bonds. The number of carbonyl (C=O) groups excluding carboxylic acids is 1. The van der Waals surface area contributed by atoms with Gasteiger partial charge in [-0.2, -0.15) is 4.99 Å². The van der Waals surface area contributed by atoms with Crippen molar-refractivity contribution in [3.63, 3.8) is 0 Å². The minimum absolute atomic E-state index is 0.209. The van der Waals surface area contributed by atoms with Gasteiger partial charge in [0.05, 0.1) is 0 Å². The van der Waals surface area contributed by atoms with Crippen LogP contribution in [0.1, 0.15) is 5.56 Å². The Hall–Kier alpha value is -3.09. The van der Waals surface area contributed by atoms with E-state index in [0.29, 0.717) is 12.2 Å². The van der Waals surface area contributed by atoms with E-state index in [1.54, 1.807) is 29.0 Å². The number of carbonyl (C=O) groups is 1. The molecule has 0 bridgehead atoms. The first-order valence-electron chi connectivity index (χ1n) is 7.00. The summed E-state index contributed by atoms with van der Waals surface area (Å²) in [5.41, 5.74) is 1.54. The molecule has 116 valence electrons. The van der Waals surface area contributed by atoms with E-state index in [-0.39, 0.29) is 18.3 Å². The molecule has 2 aromatic rings. The predicted octanol–water partition coefficient (Wildman–Crippen LogP) is 3.37. The molecule has 0 radical (unpaired) electrons. The lowest BCUT2D eigenvalue weighted by Gasteiger charge is -1.99. The van der Waals surface area contributed by atoms with Gasteiger partial charge in [-0.3, -0.25) is 4.84 Å². The standard InChI is InChI=1S/C16H13FN4O2/c17-13-8-6-12(7-9-13)10-21-11-15(23-20-21)19-16(22)18-14-4-2-1-3-5-14/h1-9H,10-11H2/p+1/b19-15+. The third kappa shape index (κ3) is 4.19. The second-order valence-electron chi connectivity index (χ2n) is 4.92. The van der Waals surface area contributed by atoms with Crippen LogP contribution < -0.4 is 5.32 Å². The molecule has 0 aliphatic carbocycles. The highest BCUT2D eigenvalue weighted by Gasteiger charge is 2.24. The summed E-state index contributed by atoms with van der Waals surface area (Å²) in [6.07, 6.45) is 0. The van der Waals surface area contributed by atoms with Gasteiger partial charge in [-0.1, -0.05) is 22.9 Å². The van der Waals surface area contributed by atoms with Crippen LogP contribution in [-0.4, -0.2) is 23.2 Å². The molecule has 0 aromatic heterocycles. The first-order valence-corrected chi connectivity index (χ1v) is 7.00. The van der Waals surface area contributed by atoms with Gasteiger partial charge in [0.15, 0.2) is 11.8 Å². The van der Waals surface area contributed by atoms with Crippen LogP contribution in [0.2, 0.25) is 0 Å². The van der Waals surface area contributed by atoms with Crippen molar-refractivity contribution >= 4 is 17.6 Å². The summed E-state index contributed by atoms with van der Waals surface area (Å²) >= 11 is 0. The zero-order chi connectivity index (χ0) is 16.1. The smallest absolute Gasteiger partial charge is 0.306 e. The molecular weight excluding hydrogens is 299 g/mol. The normalized spacial score (nSPS) is 15.2. The molecule has 1 heterocycles. The van der Waals surface area contributed by atoms with Gasteiger partial charge in [-0.05, 0) is 36.4 Å². The number of aliphatic imine (C=N–C) groups is 1. The lowest BCUT2D eigenvalue weighted by atomic mass is 10.2. The highest BCUT2D eigenvalue weighted by atomic mass is 19.1. The minimum Gasteiger partial charge on any atom is -0.306 e. The maximum absolute atomic E-state index is 12.9. The Morgan fingerprint density at radius 3 is 2.70 bits per heavy atom. The van der Waals surface area contributed by atoms with Crippen LogP contribution in [-0.2, 0) is 11.4 Å². The molecule has 23 heavy (non-hydrogen) atoms. The number of hydrogen-bond acceptors (Lipinski definition) is 3. The average molecular weight is 313 g/mol. The molecule has 0 unspecified atom stereocenters. The molecule has 0 spiro atoms. The number of hydrogen-bond donors (Lipinski definition) is 1. The number of nitrogens with zero attached hydrogens (tertiary/aromatic N) is 3. The predicted molar refractivity (Wildman–Crippen MR) is 81.6 cm³/mol. The van der Waals surface area contributed by atoms with Crippen molar-refractivity contribution in [2.45, 2.75) is 6.54 Å². The SMILES string of the molecule is O=C(/N=C1\C[N+](Cc2ccc(F)cc2)=NO1)Nc1ccccc1. The third-order valence-corrected chi connectivity index (χ3v) is 3.11. The van der Waals surface area contributed by atoms with Crippen LogP contribution in [0.5, 0.6) is 0 Å². The van der Waals surface area contributed by atoms with E-state index >= 15 is 0 Å². The maximum Gasteiger partial charge on any atom is 0.348 e. The number of para-hydroxylation sites is 1. The van der Waals surface area contributed by atoms with E-state index in [0.717, 1.165) is 5.56 Å². The summed E-state index contributed by atoms with van der Waals surface area (Å²) in [6, 6.07) is 14.6. The maximum atomic E-state index is 12.9.